The second-order valence-corrected chi connectivity index (χ2v) is 6.40. The minimum atomic E-state index is -0.0899. The summed E-state index contributed by atoms with van der Waals surface area (Å²) in [5.41, 5.74) is 0.896. The van der Waals surface area contributed by atoms with E-state index < -0.39 is 0 Å². The van der Waals surface area contributed by atoms with Gasteiger partial charge in [-0.15, -0.1) is 0 Å². The van der Waals surface area contributed by atoms with E-state index in [-0.39, 0.29) is 5.91 Å². The molecule has 0 heterocycles. The summed E-state index contributed by atoms with van der Waals surface area (Å²) < 4.78 is 11.1. The van der Waals surface area contributed by atoms with Gasteiger partial charge in [0.25, 0.3) is 0 Å². The van der Waals surface area contributed by atoms with E-state index >= 15 is 0 Å². The standard InChI is InChI=1S/C19H30N2O3/c1-15(2)14-24-17-9-7-16(13-18(17)23-5)8-10-19(22)20-11-6-12-21(3)4/h7-10,13,15H,6,11-12,14H2,1-5H3,(H,20,22). The molecule has 0 saturated heterocycles. The van der Waals surface area contributed by atoms with Crippen molar-refractivity contribution < 1.29 is 14.3 Å². The molecule has 0 bridgehead atoms. The number of carbonyl (C=O) groups excluding carboxylic acids is 1. The summed E-state index contributed by atoms with van der Waals surface area (Å²) in [5, 5.41) is 2.87. The molecule has 24 heavy (non-hydrogen) atoms. The van der Waals surface area contributed by atoms with Gasteiger partial charge < -0.3 is 19.7 Å². The Bertz CT molecular complexity index is 539. The van der Waals surface area contributed by atoms with Crippen molar-refractivity contribution in [2.45, 2.75) is 20.3 Å². The third-order valence-electron chi connectivity index (χ3n) is 3.27. The van der Waals surface area contributed by atoms with E-state index in [1.807, 2.05) is 32.3 Å². The number of hydrogen-bond acceptors (Lipinski definition) is 4. The average molecular weight is 334 g/mol. The highest BCUT2D eigenvalue weighted by atomic mass is 16.5. The molecule has 0 aliphatic carbocycles. The van der Waals surface area contributed by atoms with Crippen LogP contribution in [0.4, 0.5) is 0 Å². The zero-order valence-corrected chi connectivity index (χ0v) is 15.5. The van der Waals surface area contributed by atoms with E-state index in [0.717, 1.165) is 24.3 Å². The molecular formula is C19H30N2O3. The molecule has 0 aromatic heterocycles. The van der Waals surface area contributed by atoms with Crippen LogP contribution in [0.15, 0.2) is 24.3 Å². The van der Waals surface area contributed by atoms with Crippen molar-refractivity contribution in [3.8, 4) is 11.5 Å². The van der Waals surface area contributed by atoms with Crippen LogP contribution in [-0.2, 0) is 4.79 Å². The van der Waals surface area contributed by atoms with Crippen LogP contribution in [-0.4, -0.2) is 51.7 Å². The van der Waals surface area contributed by atoms with Crippen molar-refractivity contribution in [1.29, 1.82) is 0 Å². The first-order chi connectivity index (χ1) is 11.4. The molecule has 1 aromatic rings. The van der Waals surface area contributed by atoms with Gasteiger partial charge in [0, 0.05) is 12.6 Å². The molecule has 1 amide bonds. The Labute approximate surface area is 145 Å². The van der Waals surface area contributed by atoms with E-state index in [9.17, 15) is 4.79 Å². The van der Waals surface area contributed by atoms with Gasteiger partial charge in [-0.1, -0.05) is 19.9 Å². The first kappa shape index (κ1) is 20.0. The Hall–Kier alpha value is -2.01. The zero-order valence-electron chi connectivity index (χ0n) is 15.5. The van der Waals surface area contributed by atoms with Crippen LogP contribution < -0.4 is 14.8 Å². The highest BCUT2D eigenvalue weighted by molar-refractivity contribution is 5.91. The first-order valence-corrected chi connectivity index (χ1v) is 8.34. The number of nitrogens with one attached hydrogen (secondary N) is 1. The molecular weight excluding hydrogens is 304 g/mol. The number of methoxy groups -OCH3 is 1. The van der Waals surface area contributed by atoms with Crippen LogP contribution in [0.25, 0.3) is 6.08 Å². The van der Waals surface area contributed by atoms with Crippen molar-refractivity contribution in [3.63, 3.8) is 0 Å². The predicted molar refractivity (Wildman–Crippen MR) is 98.5 cm³/mol. The summed E-state index contributed by atoms with van der Waals surface area (Å²) in [6, 6.07) is 5.65. The van der Waals surface area contributed by atoms with Crippen LogP contribution >= 0.6 is 0 Å². The number of benzene rings is 1. The van der Waals surface area contributed by atoms with E-state index in [1.54, 1.807) is 19.3 Å². The molecule has 5 nitrogen and oxygen atoms in total. The maximum Gasteiger partial charge on any atom is 0.243 e. The quantitative estimate of drug-likeness (QED) is 0.528. The Morgan fingerprint density at radius 3 is 2.67 bits per heavy atom. The number of carbonyl (C=O) groups is 1. The molecule has 0 aliphatic heterocycles. The zero-order chi connectivity index (χ0) is 17.9. The van der Waals surface area contributed by atoms with Gasteiger partial charge >= 0.3 is 0 Å². The number of nitrogens with zero attached hydrogens (tertiary/aromatic N) is 1. The summed E-state index contributed by atoms with van der Waals surface area (Å²) in [4.78, 5) is 13.9. The van der Waals surface area contributed by atoms with Crippen molar-refractivity contribution in [2.75, 3.05) is 40.9 Å². The highest BCUT2D eigenvalue weighted by Gasteiger charge is 2.06. The second kappa shape index (κ2) is 10.7. The molecule has 0 fully saturated rings. The van der Waals surface area contributed by atoms with Gasteiger partial charge in [0.1, 0.15) is 0 Å². The number of ether oxygens (including phenoxy) is 2. The molecule has 1 N–H and O–H groups in total. The topological polar surface area (TPSA) is 50.8 Å². The van der Waals surface area contributed by atoms with E-state index in [4.69, 9.17) is 9.47 Å². The fraction of sp³-hybridized carbons (Fsp3) is 0.526. The molecule has 134 valence electrons. The van der Waals surface area contributed by atoms with E-state index in [0.29, 0.717) is 24.8 Å². The number of rotatable bonds is 10. The summed E-state index contributed by atoms with van der Waals surface area (Å²) in [6.07, 6.45) is 4.25. The lowest BCUT2D eigenvalue weighted by Crippen LogP contribution is -2.25. The van der Waals surface area contributed by atoms with Crippen LogP contribution in [0.5, 0.6) is 11.5 Å². The van der Waals surface area contributed by atoms with Crippen molar-refractivity contribution in [1.82, 2.24) is 10.2 Å². The van der Waals surface area contributed by atoms with E-state index in [1.165, 1.54) is 0 Å². The van der Waals surface area contributed by atoms with Gasteiger partial charge in [-0.05, 0) is 56.8 Å². The van der Waals surface area contributed by atoms with Crippen LogP contribution in [0.2, 0.25) is 0 Å². The maximum absolute atomic E-state index is 11.8. The average Bonchev–Trinajstić information content (AvgIpc) is 2.55. The molecule has 1 rings (SSSR count). The number of hydrogen-bond donors (Lipinski definition) is 1. The molecule has 0 unspecified atom stereocenters. The lowest BCUT2D eigenvalue weighted by molar-refractivity contribution is -0.116. The lowest BCUT2D eigenvalue weighted by Gasteiger charge is -2.12. The van der Waals surface area contributed by atoms with Gasteiger partial charge in [-0.3, -0.25) is 4.79 Å². The monoisotopic (exact) mass is 334 g/mol. The molecule has 0 spiro atoms. The molecule has 0 radical (unpaired) electrons. The van der Waals surface area contributed by atoms with Gasteiger partial charge in [0.05, 0.1) is 13.7 Å². The Balaban J connectivity index is 2.56. The van der Waals surface area contributed by atoms with Gasteiger partial charge in [-0.2, -0.15) is 0 Å². The van der Waals surface area contributed by atoms with Crippen LogP contribution in [0.1, 0.15) is 25.8 Å². The largest absolute Gasteiger partial charge is 0.493 e. The molecule has 1 aromatic carbocycles. The first-order valence-electron chi connectivity index (χ1n) is 8.34. The minimum absolute atomic E-state index is 0.0899. The fourth-order valence-corrected chi connectivity index (χ4v) is 2.00. The Morgan fingerprint density at radius 1 is 1.29 bits per heavy atom. The van der Waals surface area contributed by atoms with Gasteiger partial charge in [0.2, 0.25) is 5.91 Å². The van der Waals surface area contributed by atoms with Crippen molar-refractivity contribution in [3.05, 3.63) is 29.8 Å². The second-order valence-electron chi connectivity index (χ2n) is 6.40. The summed E-state index contributed by atoms with van der Waals surface area (Å²) in [6.45, 7) is 6.47. The molecule has 5 heteroatoms. The maximum atomic E-state index is 11.8. The minimum Gasteiger partial charge on any atom is -0.493 e. The van der Waals surface area contributed by atoms with Crippen LogP contribution in [0.3, 0.4) is 0 Å². The third kappa shape index (κ3) is 8.02. The van der Waals surface area contributed by atoms with Gasteiger partial charge in [-0.25, -0.2) is 0 Å². The Morgan fingerprint density at radius 2 is 2.04 bits per heavy atom. The number of amides is 1. The summed E-state index contributed by atoms with van der Waals surface area (Å²) >= 11 is 0. The smallest absolute Gasteiger partial charge is 0.243 e. The van der Waals surface area contributed by atoms with Crippen LogP contribution in [0, 0.1) is 5.92 Å². The highest BCUT2D eigenvalue weighted by Crippen LogP contribution is 2.28. The fourth-order valence-electron chi connectivity index (χ4n) is 2.00. The lowest BCUT2D eigenvalue weighted by atomic mass is 10.2. The predicted octanol–water partition coefficient (Wildman–Crippen LogP) is 2.81. The summed E-state index contributed by atoms with van der Waals surface area (Å²) in [5.74, 6) is 1.75. The Kier molecular flexibility index (Phi) is 8.94. The normalized spacial score (nSPS) is 11.3. The third-order valence-corrected chi connectivity index (χ3v) is 3.27. The molecule has 0 saturated carbocycles. The van der Waals surface area contributed by atoms with Crippen molar-refractivity contribution in [2.24, 2.45) is 5.92 Å². The molecule has 0 aliphatic rings. The van der Waals surface area contributed by atoms with Gasteiger partial charge in [0.15, 0.2) is 11.5 Å². The summed E-state index contributed by atoms with van der Waals surface area (Å²) in [7, 11) is 5.65. The van der Waals surface area contributed by atoms with E-state index in [2.05, 4.69) is 24.1 Å². The molecule has 0 atom stereocenters. The van der Waals surface area contributed by atoms with Crippen molar-refractivity contribution >= 4 is 12.0 Å². The SMILES string of the molecule is COc1cc(C=CC(=O)NCCCN(C)C)ccc1OCC(C)C.